The SMILES string of the molecule is C1CCC(CC2(C3CCOCC3)COC2)NC1. The minimum Gasteiger partial charge on any atom is -0.381 e. The molecule has 1 unspecified atom stereocenters. The standard InChI is InChI=1S/C14H25NO2/c1-2-6-15-13(3-1)9-14(10-17-11-14)12-4-7-16-8-5-12/h12-13,15H,1-11H2. The van der Waals surface area contributed by atoms with Gasteiger partial charge in [0.25, 0.3) is 0 Å². The van der Waals surface area contributed by atoms with E-state index in [1.807, 2.05) is 0 Å². The van der Waals surface area contributed by atoms with E-state index in [0.717, 1.165) is 38.4 Å². The van der Waals surface area contributed by atoms with E-state index in [0.29, 0.717) is 5.41 Å². The van der Waals surface area contributed by atoms with E-state index in [2.05, 4.69) is 5.32 Å². The molecule has 0 aliphatic carbocycles. The van der Waals surface area contributed by atoms with E-state index in [4.69, 9.17) is 9.47 Å². The molecule has 98 valence electrons. The average molecular weight is 239 g/mol. The van der Waals surface area contributed by atoms with Gasteiger partial charge in [0, 0.05) is 24.7 Å². The minimum absolute atomic E-state index is 0.485. The van der Waals surface area contributed by atoms with Crippen LogP contribution in [-0.2, 0) is 9.47 Å². The molecule has 0 aromatic carbocycles. The molecular weight excluding hydrogens is 214 g/mol. The van der Waals surface area contributed by atoms with Crippen LogP contribution in [0.1, 0.15) is 38.5 Å². The van der Waals surface area contributed by atoms with Crippen molar-refractivity contribution in [1.29, 1.82) is 0 Å². The maximum absolute atomic E-state index is 5.56. The Morgan fingerprint density at radius 3 is 2.41 bits per heavy atom. The van der Waals surface area contributed by atoms with Gasteiger partial charge < -0.3 is 14.8 Å². The lowest BCUT2D eigenvalue weighted by Crippen LogP contribution is -2.54. The monoisotopic (exact) mass is 239 g/mol. The van der Waals surface area contributed by atoms with Crippen LogP contribution in [0, 0.1) is 11.3 Å². The molecule has 0 spiro atoms. The van der Waals surface area contributed by atoms with Gasteiger partial charge in [-0.15, -0.1) is 0 Å². The topological polar surface area (TPSA) is 30.5 Å². The minimum atomic E-state index is 0.485. The molecule has 0 radical (unpaired) electrons. The van der Waals surface area contributed by atoms with Crippen molar-refractivity contribution < 1.29 is 9.47 Å². The first-order valence-corrected chi connectivity index (χ1v) is 7.28. The third kappa shape index (κ3) is 2.51. The Balaban J connectivity index is 1.60. The zero-order chi connectivity index (χ0) is 11.6. The van der Waals surface area contributed by atoms with Crippen LogP contribution in [0.5, 0.6) is 0 Å². The molecule has 3 heteroatoms. The first-order chi connectivity index (χ1) is 8.39. The van der Waals surface area contributed by atoms with Crippen molar-refractivity contribution in [3.05, 3.63) is 0 Å². The van der Waals surface area contributed by atoms with Crippen molar-refractivity contribution in [2.24, 2.45) is 11.3 Å². The summed E-state index contributed by atoms with van der Waals surface area (Å²) < 4.78 is 11.1. The Labute approximate surface area is 104 Å². The molecule has 1 atom stereocenters. The molecule has 17 heavy (non-hydrogen) atoms. The number of nitrogens with one attached hydrogen (secondary N) is 1. The summed E-state index contributed by atoms with van der Waals surface area (Å²) in [5.74, 6) is 0.841. The largest absolute Gasteiger partial charge is 0.381 e. The summed E-state index contributed by atoms with van der Waals surface area (Å²) in [4.78, 5) is 0. The van der Waals surface area contributed by atoms with E-state index < -0.39 is 0 Å². The van der Waals surface area contributed by atoms with Crippen LogP contribution in [0.2, 0.25) is 0 Å². The van der Waals surface area contributed by atoms with E-state index in [1.54, 1.807) is 0 Å². The van der Waals surface area contributed by atoms with E-state index in [-0.39, 0.29) is 0 Å². The highest BCUT2D eigenvalue weighted by molar-refractivity contribution is 4.96. The summed E-state index contributed by atoms with van der Waals surface area (Å²) in [6, 6.07) is 0.746. The van der Waals surface area contributed by atoms with Crippen LogP contribution in [-0.4, -0.2) is 39.0 Å². The van der Waals surface area contributed by atoms with Crippen molar-refractivity contribution in [3.63, 3.8) is 0 Å². The fourth-order valence-corrected chi connectivity index (χ4v) is 3.78. The first-order valence-electron chi connectivity index (χ1n) is 7.28. The van der Waals surface area contributed by atoms with Crippen molar-refractivity contribution in [1.82, 2.24) is 5.32 Å². The zero-order valence-corrected chi connectivity index (χ0v) is 10.7. The molecule has 0 amide bonds. The fourth-order valence-electron chi connectivity index (χ4n) is 3.78. The molecule has 0 aromatic rings. The van der Waals surface area contributed by atoms with Gasteiger partial charge in [-0.25, -0.2) is 0 Å². The summed E-state index contributed by atoms with van der Waals surface area (Å²) >= 11 is 0. The lowest BCUT2D eigenvalue weighted by atomic mass is 9.66. The van der Waals surface area contributed by atoms with Gasteiger partial charge in [0.1, 0.15) is 0 Å². The number of hydrogen-bond donors (Lipinski definition) is 1. The van der Waals surface area contributed by atoms with Gasteiger partial charge in [0.15, 0.2) is 0 Å². The lowest BCUT2D eigenvalue weighted by Gasteiger charge is -2.50. The number of piperidine rings is 1. The Morgan fingerprint density at radius 1 is 1.00 bits per heavy atom. The van der Waals surface area contributed by atoms with Gasteiger partial charge in [0.05, 0.1) is 13.2 Å². The maximum atomic E-state index is 5.56. The van der Waals surface area contributed by atoms with Gasteiger partial charge in [0.2, 0.25) is 0 Å². The summed E-state index contributed by atoms with van der Waals surface area (Å²) in [6.07, 6.45) is 7.95. The molecule has 3 saturated heterocycles. The van der Waals surface area contributed by atoms with Gasteiger partial charge in [-0.05, 0) is 44.6 Å². The second-order valence-corrected chi connectivity index (χ2v) is 6.09. The van der Waals surface area contributed by atoms with Crippen LogP contribution < -0.4 is 5.32 Å². The zero-order valence-electron chi connectivity index (χ0n) is 10.7. The van der Waals surface area contributed by atoms with Crippen LogP contribution in [0.3, 0.4) is 0 Å². The Bertz CT molecular complexity index is 241. The highest BCUT2D eigenvalue weighted by Crippen LogP contribution is 2.45. The normalized spacial score (nSPS) is 34.2. The molecular formula is C14H25NO2. The van der Waals surface area contributed by atoms with Crippen LogP contribution in [0.25, 0.3) is 0 Å². The van der Waals surface area contributed by atoms with Crippen LogP contribution in [0.4, 0.5) is 0 Å². The second kappa shape index (κ2) is 5.25. The van der Waals surface area contributed by atoms with Crippen molar-refractivity contribution in [2.45, 2.75) is 44.6 Å². The first kappa shape index (κ1) is 11.9. The van der Waals surface area contributed by atoms with Gasteiger partial charge in [-0.2, -0.15) is 0 Å². The Hall–Kier alpha value is -0.120. The van der Waals surface area contributed by atoms with E-state index >= 15 is 0 Å². The van der Waals surface area contributed by atoms with Crippen LogP contribution in [0.15, 0.2) is 0 Å². The lowest BCUT2D eigenvalue weighted by molar-refractivity contribution is -0.170. The molecule has 3 aliphatic rings. The molecule has 3 fully saturated rings. The molecule has 3 aliphatic heterocycles. The molecule has 3 heterocycles. The Kier molecular flexibility index (Phi) is 3.69. The number of rotatable bonds is 3. The second-order valence-electron chi connectivity index (χ2n) is 6.09. The third-order valence-corrected chi connectivity index (χ3v) is 4.93. The van der Waals surface area contributed by atoms with Crippen molar-refractivity contribution >= 4 is 0 Å². The van der Waals surface area contributed by atoms with E-state index in [9.17, 15) is 0 Å². The summed E-state index contributed by atoms with van der Waals surface area (Å²) in [5, 5.41) is 3.70. The summed E-state index contributed by atoms with van der Waals surface area (Å²) in [6.45, 7) is 5.14. The molecule has 3 rings (SSSR count). The van der Waals surface area contributed by atoms with Gasteiger partial charge >= 0.3 is 0 Å². The van der Waals surface area contributed by atoms with Crippen LogP contribution >= 0.6 is 0 Å². The molecule has 0 saturated carbocycles. The average Bonchev–Trinajstić information content (AvgIpc) is 2.36. The van der Waals surface area contributed by atoms with Crippen molar-refractivity contribution in [2.75, 3.05) is 33.0 Å². The fraction of sp³-hybridized carbons (Fsp3) is 1.00. The molecule has 0 aromatic heterocycles. The molecule has 0 bridgehead atoms. The Morgan fingerprint density at radius 2 is 1.82 bits per heavy atom. The number of ether oxygens (including phenoxy) is 2. The van der Waals surface area contributed by atoms with Crippen molar-refractivity contribution in [3.8, 4) is 0 Å². The smallest absolute Gasteiger partial charge is 0.0548 e. The highest BCUT2D eigenvalue weighted by atomic mass is 16.5. The van der Waals surface area contributed by atoms with E-state index in [1.165, 1.54) is 45.1 Å². The predicted octanol–water partition coefficient (Wildman–Crippen LogP) is 1.96. The maximum Gasteiger partial charge on any atom is 0.0548 e. The third-order valence-electron chi connectivity index (χ3n) is 4.93. The van der Waals surface area contributed by atoms with Gasteiger partial charge in [-0.1, -0.05) is 6.42 Å². The summed E-state index contributed by atoms with van der Waals surface area (Å²) in [7, 11) is 0. The quantitative estimate of drug-likeness (QED) is 0.816. The molecule has 1 N–H and O–H groups in total. The predicted molar refractivity (Wildman–Crippen MR) is 67.1 cm³/mol. The number of hydrogen-bond acceptors (Lipinski definition) is 3. The van der Waals surface area contributed by atoms with Gasteiger partial charge in [-0.3, -0.25) is 0 Å². The highest BCUT2D eigenvalue weighted by Gasteiger charge is 2.46. The molecule has 3 nitrogen and oxygen atoms in total. The summed E-state index contributed by atoms with van der Waals surface area (Å²) in [5.41, 5.74) is 0.485.